The number of aryl methyl sites for hydroxylation is 1. The van der Waals surface area contributed by atoms with Crippen molar-refractivity contribution in [3.63, 3.8) is 0 Å². The standard InChI is InChI=1S/C18H24N2O2/c1-14-6-8-15(9-7-14)17-11-10-16(22-17)13-19-12-4-5-18(21)20(2)3/h6-11,19H,4-5,12-13H2,1-3H3. The number of hydrogen-bond acceptors (Lipinski definition) is 3. The first kappa shape index (κ1) is 16.3. The molecule has 1 N–H and O–H groups in total. The molecule has 1 aromatic carbocycles. The molecule has 2 aromatic rings. The lowest BCUT2D eigenvalue weighted by Crippen LogP contribution is -2.23. The van der Waals surface area contributed by atoms with E-state index in [0.29, 0.717) is 13.0 Å². The fourth-order valence-corrected chi connectivity index (χ4v) is 2.15. The van der Waals surface area contributed by atoms with E-state index in [1.165, 1.54) is 5.56 Å². The topological polar surface area (TPSA) is 45.5 Å². The van der Waals surface area contributed by atoms with Gasteiger partial charge in [-0.05, 0) is 32.0 Å². The van der Waals surface area contributed by atoms with Crippen LogP contribution in [0.1, 0.15) is 24.2 Å². The zero-order valence-corrected chi connectivity index (χ0v) is 13.6. The van der Waals surface area contributed by atoms with Crippen LogP contribution in [0.4, 0.5) is 0 Å². The summed E-state index contributed by atoms with van der Waals surface area (Å²) in [5.41, 5.74) is 2.33. The van der Waals surface area contributed by atoms with Crippen molar-refractivity contribution in [2.24, 2.45) is 0 Å². The Labute approximate surface area is 132 Å². The van der Waals surface area contributed by atoms with E-state index >= 15 is 0 Å². The average Bonchev–Trinajstić information content (AvgIpc) is 2.96. The molecule has 0 aliphatic rings. The van der Waals surface area contributed by atoms with Gasteiger partial charge in [0, 0.05) is 26.1 Å². The van der Waals surface area contributed by atoms with E-state index in [1.807, 2.05) is 12.1 Å². The van der Waals surface area contributed by atoms with E-state index in [4.69, 9.17) is 4.42 Å². The lowest BCUT2D eigenvalue weighted by Gasteiger charge is -2.09. The van der Waals surface area contributed by atoms with Crippen molar-refractivity contribution in [3.8, 4) is 11.3 Å². The van der Waals surface area contributed by atoms with Gasteiger partial charge in [-0.2, -0.15) is 0 Å². The molecule has 0 aliphatic carbocycles. The second kappa shape index (κ2) is 7.80. The van der Waals surface area contributed by atoms with Crippen LogP contribution in [0.25, 0.3) is 11.3 Å². The Kier molecular flexibility index (Phi) is 5.78. The van der Waals surface area contributed by atoms with Crippen LogP contribution in [0.5, 0.6) is 0 Å². The summed E-state index contributed by atoms with van der Waals surface area (Å²) in [6, 6.07) is 12.3. The first-order chi connectivity index (χ1) is 10.6. The summed E-state index contributed by atoms with van der Waals surface area (Å²) < 4.78 is 5.84. The number of nitrogens with one attached hydrogen (secondary N) is 1. The molecule has 0 unspecified atom stereocenters. The van der Waals surface area contributed by atoms with Crippen LogP contribution >= 0.6 is 0 Å². The Morgan fingerprint density at radius 3 is 2.55 bits per heavy atom. The minimum Gasteiger partial charge on any atom is -0.460 e. The van der Waals surface area contributed by atoms with Crippen molar-refractivity contribution >= 4 is 5.91 Å². The van der Waals surface area contributed by atoms with Crippen LogP contribution in [0.15, 0.2) is 40.8 Å². The molecule has 0 saturated heterocycles. The fraction of sp³-hybridized carbons (Fsp3) is 0.389. The number of hydrogen-bond donors (Lipinski definition) is 1. The third-order valence-corrected chi connectivity index (χ3v) is 3.54. The summed E-state index contributed by atoms with van der Waals surface area (Å²) in [4.78, 5) is 13.1. The number of benzene rings is 1. The minimum absolute atomic E-state index is 0.168. The molecular formula is C18H24N2O2. The quantitative estimate of drug-likeness (QED) is 0.799. The van der Waals surface area contributed by atoms with E-state index in [2.05, 4.69) is 36.5 Å². The maximum Gasteiger partial charge on any atom is 0.222 e. The summed E-state index contributed by atoms with van der Waals surface area (Å²) >= 11 is 0. The molecule has 2 rings (SSSR count). The molecule has 0 atom stereocenters. The Morgan fingerprint density at radius 2 is 1.86 bits per heavy atom. The zero-order chi connectivity index (χ0) is 15.9. The van der Waals surface area contributed by atoms with Crippen molar-refractivity contribution in [1.82, 2.24) is 10.2 Å². The van der Waals surface area contributed by atoms with Gasteiger partial charge in [0.05, 0.1) is 6.54 Å². The maximum atomic E-state index is 11.4. The van der Waals surface area contributed by atoms with Gasteiger partial charge in [0.1, 0.15) is 11.5 Å². The highest BCUT2D eigenvalue weighted by Crippen LogP contribution is 2.22. The second-order valence-electron chi connectivity index (χ2n) is 5.70. The minimum atomic E-state index is 0.168. The Morgan fingerprint density at radius 1 is 1.14 bits per heavy atom. The largest absolute Gasteiger partial charge is 0.460 e. The molecule has 1 aromatic heterocycles. The van der Waals surface area contributed by atoms with Gasteiger partial charge in [-0.15, -0.1) is 0 Å². The van der Waals surface area contributed by atoms with E-state index in [-0.39, 0.29) is 5.91 Å². The lowest BCUT2D eigenvalue weighted by molar-refractivity contribution is -0.128. The Bertz CT molecular complexity index is 600. The zero-order valence-electron chi connectivity index (χ0n) is 13.6. The van der Waals surface area contributed by atoms with Crippen LogP contribution in [0.2, 0.25) is 0 Å². The summed E-state index contributed by atoms with van der Waals surface area (Å²) in [6.07, 6.45) is 1.41. The molecule has 1 heterocycles. The summed E-state index contributed by atoms with van der Waals surface area (Å²) in [5, 5.41) is 3.31. The average molecular weight is 300 g/mol. The van der Waals surface area contributed by atoms with Crippen molar-refractivity contribution in [2.75, 3.05) is 20.6 Å². The van der Waals surface area contributed by atoms with Crippen molar-refractivity contribution in [2.45, 2.75) is 26.3 Å². The highest BCUT2D eigenvalue weighted by atomic mass is 16.3. The normalized spacial score (nSPS) is 10.7. The molecule has 0 spiro atoms. The third-order valence-electron chi connectivity index (χ3n) is 3.54. The van der Waals surface area contributed by atoms with Gasteiger partial charge in [0.25, 0.3) is 0 Å². The van der Waals surface area contributed by atoms with Crippen LogP contribution in [0.3, 0.4) is 0 Å². The highest BCUT2D eigenvalue weighted by molar-refractivity contribution is 5.75. The Hall–Kier alpha value is -2.07. The predicted molar refractivity (Wildman–Crippen MR) is 88.5 cm³/mol. The molecule has 0 fully saturated rings. The van der Waals surface area contributed by atoms with Crippen molar-refractivity contribution in [3.05, 3.63) is 47.7 Å². The number of nitrogens with zero attached hydrogens (tertiary/aromatic N) is 1. The highest BCUT2D eigenvalue weighted by Gasteiger charge is 2.05. The number of amides is 1. The molecule has 0 aliphatic heterocycles. The molecule has 4 heteroatoms. The molecule has 4 nitrogen and oxygen atoms in total. The maximum absolute atomic E-state index is 11.4. The van der Waals surface area contributed by atoms with E-state index < -0.39 is 0 Å². The van der Waals surface area contributed by atoms with Gasteiger partial charge in [-0.25, -0.2) is 0 Å². The molecular weight excluding hydrogens is 276 g/mol. The van der Waals surface area contributed by atoms with Gasteiger partial charge < -0.3 is 14.6 Å². The second-order valence-corrected chi connectivity index (χ2v) is 5.70. The number of carbonyl (C=O) groups is 1. The summed E-state index contributed by atoms with van der Waals surface area (Å²) in [6.45, 7) is 3.56. The van der Waals surface area contributed by atoms with Crippen LogP contribution in [0, 0.1) is 6.92 Å². The number of rotatable bonds is 7. The predicted octanol–water partition coefficient (Wildman–Crippen LogP) is 3.21. The smallest absolute Gasteiger partial charge is 0.222 e. The van der Waals surface area contributed by atoms with Gasteiger partial charge >= 0.3 is 0 Å². The van der Waals surface area contributed by atoms with E-state index in [9.17, 15) is 4.79 Å². The van der Waals surface area contributed by atoms with Crippen LogP contribution < -0.4 is 5.32 Å². The number of carbonyl (C=O) groups excluding carboxylic acids is 1. The SMILES string of the molecule is Cc1ccc(-c2ccc(CNCCCC(=O)N(C)C)o2)cc1. The summed E-state index contributed by atoms with van der Waals surface area (Å²) in [5.74, 6) is 1.97. The molecule has 0 radical (unpaired) electrons. The molecule has 22 heavy (non-hydrogen) atoms. The van der Waals surface area contributed by atoms with Crippen LogP contribution in [-0.2, 0) is 11.3 Å². The molecule has 1 amide bonds. The van der Waals surface area contributed by atoms with E-state index in [0.717, 1.165) is 30.0 Å². The third kappa shape index (κ3) is 4.74. The van der Waals surface area contributed by atoms with Gasteiger partial charge in [0.2, 0.25) is 5.91 Å². The molecule has 0 saturated carbocycles. The Balaban J connectivity index is 1.76. The van der Waals surface area contributed by atoms with Crippen molar-refractivity contribution in [1.29, 1.82) is 0 Å². The van der Waals surface area contributed by atoms with Gasteiger partial charge in [-0.3, -0.25) is 4.79 Å². The van der Waals surface area contributed by atoms with Gasteiger partial charge in [0.15, 0.2) is 0 Å². The number of furan rings is 1. The van der Waals surface area contributed by atoms with Crippen molar-refractivity contribution < 1.29 is 9.21 Å². The lowest BCUT2D eigenvalue weighted by atomic mass is 10.1. The molecule has 0 bridgehead atoms. The van der Waals surface area contributed by atoms with E-state index in [1.54, 1.807) is 19.0 Å². The van der Waals surface area contributed by atoms with Crippen LogP contribution in [-0.4, -0.2) is 31.4 Å². The molecule has 118 valence electrons. The summed E-state index contributed by atoms with van der Waals surface area (Å²) in [7, 11) is 3.57. The fourth-order valence-electron chi connectivity index (χ4n) is 2.15. The monoisotopic (exact) mass is 300 g/mol. The first-order valence-electron chi connectivity index (χ1n) is 7.63. The van der Waals surface area contributed by atoms with Gasteiger partial charge in [-0.1, -0.05) is 29.8 Å². The first-order valence-corrected chi connectivity index (χ1v) is 7.63.